The summed E-state index contributed by atoms with van der Waals surface area (Å²) in [5, 5.41) is 3.01. The van der Waals surface area contributed by atoms with Gasteiger partial charge in [-0.25, -0.2) is 9.37 Å². The van der Waals surface area contributed by atoms with Crippen LogP contribution in [-0.2, 0) is 13.2 Å². The van der Waals surface area contributed by atoms with Gasteiger partial charge in [-0.05, 0) is 71.7 Å². The van der Waals surface area contributed by atoms with Crippen molar-refractivity contribution in [2.75, 3.05) is 6.54 Å². The quantitative estimate of drug-likeness (QED) is 0.509. The molecule has 140 valence electrons. The van der Waals surface area contributed by atoms with E-state index in [1.165, 1.54) is 18.6 Å². The summed E-state index contributed by atoms with van der Waals surface area (Å²) < 4.78 is 19.6. The number of rotatable bonds is 6. The maximum absolute atomic E-state index is 12.9. The third kappa shape index (κ3) is 4.72. The Labute approximate surface area is 170 Å². The summed E-state index contributed by atoms with van der Waals surface area (Å²) >= 11 is 5.04. The van der Waals surface area contributed by atoms with E-state index in [0.29, 0.717) is 18.4 Å². The van der Waals surface area contributed by atoms with Crippen molar-refractivity contribution in [3.05, 3.63) is 74.7 Å². The molecule has 1 aromatic carbocycles. The van der Waals surface area contributed by atoms with Crippen LogP contribution in [0.15, 0.2) is 52.4 Å². The van der Waals surface area contributed by atoms with Crippen LogP contribution in [0.1, 0.15) is 35.3 Å². The van der Waals surface area contributed by atoms with Crippen LogP contribution in [-0.4, -0.2) is 21.4 Å². The summed E-state index contributed by atoms with van der Waals surface area (Å²) in [6, 6.07) is 10.5. The Kier molecular flexibility index (Phi) is 5.80. The summed E-state index contributed by atoms with van der Waals surface area (Å²) in [6.45, 7) is 2.27. The van der Waals surface area contributed by atoms with Crippen LogP contribution in [0.25, 0.3) is 0 Å². The van der Waals surface area contributed by atoms with E-state index in [4.69, 9.17) is 9.72 Å². The van der Waals surface area contributed by atoms with E-state index in [1.54, 1.807) is 23.5 Å². The molecule has 1 aliphatic rings. The van der Waals surface area contributed by atoms with Crippen LogP contribution in [0.3, 0.4) is 0 Å². The first-order valence-corrected chi connectivity index (χ1v) is 10.5. The van der Waals surface area contributed by atoms with Gasteiger partial charge in [0.2, 0.25) is 0 Å². The molecule has 2 aromatic heterocycles. The first kappa shape index (κ1) is 18.5. The van der Waals surface area contributed by atoms with Crippen molar-refractivity contribution in [1.29, 1.82) is 0 Å². The topological polar surface area (TPSA) is 38.2 Å². The predicted molar refractivity (Wildman–Crippen MR) is 107 cm³/mol. The second-order valence-electron chi connectivity index (χ2n) is 6.50. The summed E-state index contributed by atoms with van der Waals surface area (Å²) in [4.78, 5) is 11.7. The van der Waals surface area contributed by atoms with E-state index in [0.717, 1.165) is 40.4 Å². The van der Waals surface area contributed by atoms with Gasteiger partial charge in [-0.15, -0.1) is 11.3 Å². The molecule has 0 amide bonds. The molecule has 7 heteroatoms. The van der Waals surface area contributed by atoms with Crippen LogP contribution in [0.2, 0.25) is 0 Å². The first-order chi connectivity index (χ1) is 13.2. The predicted octanol–water partition coefficient (Wildman–Crippen LogP) is 5.36. The molecule has 4 nitrogen and oxygen atoms in total. The van der Waals surface area contributed by atoms with Gasteiger partial charge in [0.25, 0.3) is 0 Å². The molecule has 3 aromatic rings. The lowest BCUT2D eigenvalue weighted by molar-refractivity contribution is 0.241. The largest absolute Gasteiger partial charge is 0.486 e. The van der Waals surface area contributed by atoms with Crippen LogP contribution < -0.4 is 4.74 Å². The van der Waals surface area contributed by atoms with Gasteiger partial charge < -0.3 is 4.74 Å². The summed E-state index contributed by atoms with van der Waals surface area (Å²) in [7, 11) is 0. The van der Waals surface area contributed by atoms with E-state index < -0.39 is 0 Å². The van der Waals surface area contributed by atoms with Gasteiger partial charge in [-0.3, -0.25) is 9.88 Å². The van der Waals surface area contributed by atoms with Crippen molar-refractivity contribution in [1.82, 2.24) is 14.9 Å². The Morgan fingerprint density at radius 2 is 2.07 bits per heavy atom. The molecule has 1 fully saturated rings. The third-order valence-electron chi connectivity index (χ3n) is 4.60. The molecule has 1 unspecified atom stereocenters. The lowest BCUT2D eigenvalue weighted by Crippen LogP contribution is -2.23. The highest BCUT2D eigenvalue weighted by Crippen LogP contribution is 2.32. The molecule has 1 aliphatic heterocycles. The molecular weight excluding hydrogens is 429 g/mol. The number of pyridine rings is 1. The van der Waals surface area contributed by atoms with Crippen molar-refractivity contribution in [2.24, 2.45) is 0 Å². The number of ether oxygens (including phenoxy) is 1. The molecule has 0 saturated carbocycles. The van der Waals surface area contributed by atoms with E-state index in [2.05, 4.69) is 37.3 Å². The average Bonchev–Trinajstić information content (AvgIpc) is 3.32. The highest BCUT2D eigenvalue weighted by atomic mass is 79.9. The third-order valence-corrected chi connectivity index (χ3v) is 5.94. The minimum atomic E-state index is -0.265. The van der Waals surface area contributed by atoms with Gasteiger partial charge >= 0.3 is 0 Å². The molecule has 3 heterocycles. The fraction of sp³-hybridized carbons (Fsp3) is 0.300. The fourth-order valence-electron chi connectivity index (χ4n) is 3.31. The fourth-order valence-corrected chi connectivity index (χ4v) is 4.24. The SMILES string of the molecule is Fc1ccc(OCc2nc(CN3CCCC3c3ccc(Br)cn3)cs2)cc1. The number of thiazole rings is 1. The standard InChI is InChI=1S/C20H19BrFN3OS/c21-14-3-8-18(23-10-14)19-2-1-9-25(19)11-16-13-27-20(24-16)12-26-17-6-4-15(22)5-7-17/h3-8,10,13,19H,1-2,9,11-12H2. The number of hydrogen-bond acceptors (Lipinski definition) is 5. The summed E-state index contributed by atoms with van der Waals surface area (Å²) in [6.07, 6.45) is 4.16. The molecule has 27 heavy (non-hydrogen) atoms. The van der Waals surface area contributed by atoms with E-state index in [1.807, 2.05) is 12.3 Å². The zero-order valence-corrected chi connectivity index (χ0v) is 17.0. The zero-order chi connectivity index (χ0) is 18.6. The smallest absolute Gasteiger partial charge is 0.140 e. The van der Waals surface area contributed by atoms with Gasteiger partial charge in [0.1, 0.15) is 23.2 Å². The lowest BCUT2D eigenvalue weighted by Gasteiger charge is -2.23. The number of nitrogens with zero attached hydrogens (tertiary/aromatic N) is 3. The highest BCUT2D eigenvalue weighted by molar-refractivity contribution is 9.10. The van der Waals surface area contributed by atoms with Crippen LogP contribution in [0, 0.1) is 5.82 Å². The van der Waals surface area contributed by atoms with Gasteiger partial charge in [-0.1, -0.05) is 0 Å². The molecule has 4 rings (SSSR count). The average molecular weight is 448 g/mol. The molecule has 0 radical (unpaired) electrons. The van der Waals surface area contributed by atoms with Crippen LogP contribution in [0.4, 0.5) is 4.39 Å². The van der Waals surface area contributed by atoms with Crippen LogP contribution >= 0.6 is 27.3 Å². The first-order valence-electron chi connectivity index (χ1n) is 8.84. The van der Waals surface area contributed by atoms with Gasteiger partial charge in [0.05, 0.1) is 17.4 Å². The van der Waals surface area contributed by atoms with E-state index >= 15 is 0 Å². The molecule has 1 saturated heterocycles. The number of hydrogen-bond donors (Lipinski definition) is 0. The summed E-state index contributed by atoms with van der Waals surface area (Å²) in [5.74, 6) is 0.383. The zero-order valence-electron chi connectivity index (χ0n) is 14.6. The molecule has 1 atom stereocenters. The van der Waals surface area contributed by atoms with Crippen molar-refractivity contribution in [3.8, 4) is 5.75 Å². The number of aromatic nitrogens is 2. The maximum atomic E-state index is 12.9. The Morgan fingerprint density at radius 3 is 2.85 bits per heavy atom. The van der Waals surface area contributed by atoms with Crippen molar-refractivity contribution in [2.45, 2.75) is 32.0 Å². The van der Waals surface area contributed by atoms with Gasteiger partial charge in [0.15, 0.2) is 0 Å². The van der Waals surface area contributed by atoms with E-state index in [-0.39, 0.29) is 5.82 Å². The molecule has 0 N–H and O–H groups in total. The number of benzene rings is 1. The van der Waals surface area contributed by atoms with Crippen molar-refractivity contribution in [3.63, 3.8) is 0 Å². The second kappa shape index (κ2) is 8.46. The van der Waals surface area contributed by atoms with E-state index in [9.17, 15) is 4.39 Å². The lowest BCUT2D eigenvalue weighted by atomic mass is 10.1. The Bertz CT molecular complexity index is 885. The monoisotopic (exact) mass is 447 g/mol. The van der Waals surface area contributed by atoms with Crippen LogP contribution in [0.5, 0.6) is 5.75 Å². The Hall–Kier alpha value is -1.83. The van der Waals surface area contributed by atoms with Crippen molar-refractivity contribution < 1.29 is 9.13 Å². The van der Waals surface area contributed by atoms with Gasteiger partial charge in [0, 0.05) is 22.6 Å². The van der Waals surface area contributed by atoms with Gasteiger partial charge in [-0.2, -0.15) is 0 Å². The second-order valence-corrected chi connectivity index (χ2v) is 8.36. The number of likely N-dealkylation sites (tertiary alicyclic amines) is 1. The highest BCUT2D eigenvalue weighted by Gasteiger charge is 2.27. The molecule has 0 bridgehead atoms. The minimum Gasteiger partial charge on any atom is -0.486 e. The van der Waals surface area contributed by atoms with Crippen molar-refractivity contribution >= 4 is 27.3 Å². The number of halogens is 2. The Morgan fingerprint density at radius 1 is 1.22 bits per heavy atom. The Balaban J connectivity index is 1.36. The maximum Gasteiger partial charge on any atom is 0.140 e. The molecule has 0 spiro atoms. The molecule has 0 aliphatic carbocycles. The minimum absolute atomic E-state index is 0.265. The normalized spacial score (nSPS) is 17.3. The summed E-state index contributed by atoms with van der Waals surface area (Å²) in [5.41, 5.74) is 2.17. The molecular formula is C20H19BrFN3OS.